The number of benzene rings is 2. The fourth-order valence-electron chi connectivity index (χ4n) is 2.81. The zero-order chi connectivity index (χ0) is 20.1. The van der Waals surface area contributed by atoms with Crippen molar-refractivity contribution in [3.05, 3.63) is 65.7 Å². The number of carbonyl (C=O) groups excluding carboxylic acids is 4. The topological polar surface area (TPSA) is 105 Å². The molecule has 1 fully saturated rings. The van der Waals surface area contributed by atoms with Crippen LogP contribution in [0, 0.1) is 0 Å². The number of carbonyl (C=O) groups is 4. The molecule has 3 rings (SSSR count). The monoisotopic (exact) mass is 381 g/mol. The highest BCUT2D eigenvalue weighted by atomic mass is 16.6. The Hall–Kier alpha value is -3.68. The van der Waals surface area contributed by atoms with Gasteiger partial charge in [-0.25, -0.2) is 9.69 Å². The fourth-order valence-corrected chi connectivity index (χ4v) is 2.81. The molecule has 1 aliphatic rings. The number of rotatable bonds is 6. The molecule has 4 amide bonds. The largest absolute Gasteiger partial charge is 0.439 e. The van der Waals surface area contributed by atoms with Crippen molar-refractivity contribution >= 4 is 29.5 Å². The van der Waals surface area contributed by atoms with Gasteiger partial charge in [-0.3, -0.25) is 14.4 Å². The van der Waals surface area contributed by atoms with Gasteiger partial charge < -0.3 is 15.4 Å². The zero-order valence-electron chi connectivity index (χ0n) is 15.2. The second-order valence-corrected chi connectivity index (χ2v) is 6.25. The average molecular weight is 381 g/mol. The van der Waals surface area contributed by atoms with Crippen molar-refractivity contribution in [3.8, 4) is 0 Å². The minimum atomic E-state index is -0.722. The molecule has 144 valence electrons. The van der Waals surface area contributed by atoms with Crippen molar-refractivity contribution < 1.29 is 23.9 Å². The summed E-state index contributed by atoms with van der Waals surface area (Å²) in [5, 5.41) is 5.48. The highest BCUT2D eigenvalue weighted by Gasteiger charge is 2.33. The number of nitrogens with zero attached hydrogens (tertiary/aromatic N) is 1. The molecule has 0 radical (unpaired) electrons. The van der Waals surface area contributed by atoms with E-state index in [2.05, 4.69) is 10.6 Å². The van der Waals surface area contributed by atoms with Gasteiger partial charge in [-0.05, 0) is 29.8 Å². The standard InChI is InChI=1S/C20H19N3O5/c1-13(24)21-16-9-7-15(8-10-16)19(26)22-17(14-5-3-2-4-6-14)11-23-18(25)12-28-20(23)27/h2-10,17H,11-12H2,1H3,(H,21,24)(H,22,26). The predicted molar refractivity (Wildman–Crippen MR) is 100 cm³/mol. The van der Waals surface area contributed by atoms with Crippen molar-refractivity contribution in [2.75, 3.05) is 18.5 Å². The summed E-state index contributed by atoms with van der Waals surface area (Å²) in [4.78, 5) is 48.4. The first-order valence-electron chi connectivity index (χ1n) is 8.64. The van der Waals surface area contributed by atoms with Crippen molar-refractivity contribution in [1.29, 1.82) is 0 Å². The van der Waals surface area contributed by atoms with Crippen LogP contribution in [0.1, 0.15) is 28.9 Å². The molecule has 2 aromatic rings. The van der Waals surface area contributed by atoms with E-state index in [1.54, 1.807) is 48.5 Å². The highest BCUT2D eigenvalue weighted by molar-refractivity contribution is 5.98. The Kier molecular flexibility index (Phi) is 5.69. The summed E-state index contributed by atoms with van der Waals surface area (Å²) in [6.45, 7) is 1.08. The number of nitrogens with one attached hydrogen (secondary N) is 2. The Bertz CT molecular complexity index is 880. The molecule has 2 N–H and O–H groups in total. The number of cyclic esters (lactones) is 1. The van der Waals surface area contributed by atoms with E-state index < -0.39 is 18.0 Å². The van der Waals surface area contributed by atoms with Crippen LogP contribution in [0.5, 0.6) is 0 Å². The third kappa shape index (κ3) is 4.53. The third-order valence-electron chi connectivity index (χ3n) is 4.18. The molecule has 1 aliphatic heterocycles. The lowest BCUT2D eigenvalue weighted by Crippen LogP contribution is -2.40. The van der Waals surface area contributed by atoms with Gasteiger partial charge in [-0.15, -0.1) is 0 Å². The van der Waals surface area contributed by atoms with Gasteiger partial charge in [-0.1, -0.05) is 30.3 Å². The van der Waals surface area contributed by atoms with Crippen molar-refractivity contribution in [3.63, 3.8) is 0 Å². The van der Waals surface area contributed by atoms with Gasteiger partial charge in [0, 0.05) is 18.2 Å². The first kappa shape index (κ1) is 19.1. The zero-order valence-corrected chi connectivity index (χ0v) is 15.2. The first-order chi connectivity index (χ1) is 13.4. The van der Waals surface area contributed by atoms with Crippen LogP contribution in [0.25, 0.3) is 0 Å². The molecule has 0 saturated carbocycles. The normalized spacial score (nSPS) is 14.4. The summed E-state index contributed by atoms with van der Waals surface area (Å²) in [5.41, 5.74) is 1.71. The second kappa shape index (κ2) is 8.34. The van der Waals surface area contributed by atoms with E-state index in [0.717, 1.165) is 10.5 Å². The molecule has 1 heterocycles. The highest BCUT2D eigenvalue weighted by Crippen LogP contribution is 2.18. The van der Waals surface area contributed by atoms with Crippen LogP contribution in [0.4, 0.5) is 10.5 Å². The molecule has 8 heteroatoms. The van der Waals surface area contributed by atoms with Gasteiger partial charge >= 0.3 is 6.09 Å². The lowest BCUT2D eigenvalue weighted by molar-refractivity contribution is -0.126. The molecule has 0 bridgehead atoms. The Labute approximate surface area is 161 Å². The minimum absolute atomic E-state index is 0.0304. The van der Waals surface area contributed by atoms with Gasteiger partial charge in [-0.2, -0.15) is 0 Å². The Morgan fingerprint density at radius 3 is 2.32 bits per heavy atom. The van der Waals surface area contributed by atoms with Crippen molar-refractivity contribution in [1.82, 2.24) is 10.2 Å². The van der Waals surface area contributed by atoms with Gasteiger partial charge in [0.2, 0.25) is 5.91 Å². The van der Waals surface area contributed by atoms with Crippen LogP contribution in [0.3, 0.4) is 0 Å². The third-order valence-corrected chi connectivity index (χ3v) is 4.18. The molecular weight excluding hydrogens is 362 g/mol. The number of ether oxygens (including phenoxy) is 1. The predicted octanol–water partition coefficient (Wildman–Crippen LogP) is 2.09. The molecule has 0 aromatic heterocycles. The van der Waals surface area contributed by atoms with Gasteiger partial charge in [0.25, 0.3) is 11.8 Å². The Balaban J connectivity index is 1.77. The Morgan fingerprint density at radius 1 is 1.07 bits per heavy atom. The van der Waals surface area contributed by atoms with E-state index in [4.69, 9.17) is 4.74 Å². The maximum atomic E-state index is 12.7. The number of imide groups is 1. The van der Waals surface area contributed by atoms with E-state index >= 15 is 0 Å². The van der Waals surface area contributed by atoms with Gasteiger partial charge in [0.05, 0.1) is 12.6 Å². The summed E-state index contributed by atoms with van der Waals surface area (Å²) in [5.74, 6) is -1.02. The number of hydrogen-bond acceptors (Lipinski definition) is 5. The smallest absolute Gasteiger partial charge is 0.417 e. The van der Waals surface area contributed by atoms with E-state index in [9.17, 15) is 19.2 Å². The average Bonchev–Trinajstić information content (AvgIpc) is 3.00. The maximum Gasteiger partial charge on any atom is 0.417 e. The number of anilines is 1. The van der Waals surface area contributed by atoms with E-state index in [1.807, 2.05) is 6.07 Å². The summed E-state index contributed by atoms with van der Waals surface area (Å²) in [6.07, 6.45) is -0.722. The molecule has 1 saturated heterocycles. The van der Waals surface area contributed by atoms with E-state index in [-0.39, 0.29) is 25.0 Å². The summed E-state index contributed by atoms with van der Waals surface area (Å²) in [7, 11) is 0. The molecule has 1 atom stereocenters. The SMILES string of the molecule is CC(=O)Nc1ccc(C(=O)NC(CN2C(=O)COC2=O)c2ccccc2)cc1. The van der Waals surface area contributed by atoms with Gasteiger partial charge in [0.1, 0.15) is 0 Å². The lowest BCUT2D eigenvalue weighted by Gasteiger charge is -2.23. The van der Waals surface area contributed by atoms with Crippen LogP contribution in [0.15, 0.2) is 54.6 Å². The molecule has 28 heavy (non-hydrogen) atoms. The molecule has 8 nitrogen and oxygen atoms in total. The van der Waals surface area contributed by atoms with Crippen LogP contribution >= 0.6 is 0 Å². The first-order valence-corrected chi connectivity index (χ1v) is 8.64. The van der Waals surface area contributed by atoms with Crippen molar-refractivity contribution in [2.45, 2.75) is 13.0 Å². The Morgan fingerprint density at radius 2 is 1.75 bits per heavy atom. The fraction of sp³-hybridized carbons (Fsp3) is 0.200. The van der Waals surface area contributed by atoms with Crippen LogP contribution < -0.4 is 10.6 Å². The molecule has 2 aromatic carbocycles. The molecule has 0 aliphatic carbocycles. The summed E-state index contributed by atoms with van der Waals surface area (Å²) >= 11 is 0. The van der Waals surface area contributed by atoms with Crippen LogP contribution in [-0.4, -0.2) is 41.9 Å². The van der Waals surface area contributed by atoms with Gasteiger partial charge in [0.15, 0.2) is 6.61 Å². The quantitative estimate of drug-likeness (QED) is 0.797. The molecular formula is C20H19N3O5. The van der Waals surface area contributed by atoms with Crippen LogP contribution in [0.2, 0.25) is 0 Å². The van der Waals surface area contributed by atoms with E-state index in [0.29, 0.717) is 11.3 Å². The second-order valence-electron chi connectivity index (χ2n) is 6.25. The summed E-state index contributed by atoms with van der Waals surface area (Å²) in [6, 6.07) is 14.9. The number of amides is 4. The van der Waals surface area contributed by atoms with Crippen LogP contribution in [-0.2, 0) is 14.3 Å². The molecule has 0 spiro atoms. The molecule has 1 unspecified atom stereocenters. The maximum absolute atomic E-state index is 12.7. The number of hydrogen-bond donors (Lipinski definition) is 2. The van der Waals surface area contributed by atoms with E-state index in [1.165, 1.54) is 6.92 Å². The minimum Gasteiger partial charge on any atom is -0.439 e. The summed E-state index contributed by atoms with van der Waals surface area (Å²) < 4.78 is 4.74. The lowest BCUT2D eigenvalue weighted by atomic mass is 10.1. The van der Waals surface area contributed by atoms with Crippen molar-refractivity contribution in [2.24, 2.45) is 0 Å².